The fraction of sp³-hybridized carbons (Fsp3) is 0.677. The lowest BCUT2D eigenvalue weighted by molar-refractivity contribution is -0.123. The third-order valence-electron chi connectivity index (χ3n) is 10.1. The van der Waals surface area contributed by atoms with Gasteiger partial charge in [-0.3, -0.25) is 25.5 Å². The number of hydrogen-bond donors (Lipinski definition) is 4. The number of nitrogens with one attached hydrogen (secondary N) is 3. The largest absolute Gasteiger partial charge is 0.495 e. The van der Waals surface area contributed by atoms with Gasteiger partial charge in [-0.2, -0.15) is 4.31 Å². The number of rotatable bonds is 8. The summed E-state index contributed by atoms with van der Waals surface area (Å²) < 4.78 is 31.1. The molecular weight excluding hydrogens is 610 g/mol. The molecule has 0 bridgehead atoms. The maximum atomic E-state index is 13.7. The van der Waals surface area contributed by atoms with E-state index in [1.807, 2.05) is 29.0 Å². The highest BCUT2D eigenvalue weighted by Gasteiger charge is 2.46. The van der Waals surface area contributed by atoms with Gasteiger partial charge in [-0.05, 0) is 49.8 Å². The molecule has 0 radical (unpaired) electrons. The van der Waals surface area contributed by atoms with Crippen LogP contribution in [0, 0.1) is 0 Å². The summed E-state index contributed by atoms with van der Waals surface area (Å²) in [5.41, 5.74) is 9.82. The summed E-state index contributed by atoms with van der Waals surface area (Å²) in [6, 6.07) is 4.42. The Morgan fingerprint density at radius 1 is 1.11 bits per heavy atom. The zero-order chi connectivity index (χ0) is 32.8. The van der Waals surface area contributed by atoms with Gasteiger partial charge in [0.15, 0.2) is 0 Å². The second kappa shape index (κ2) is 12.7. The van der Waals surface area contributed by atoms with E-state index in [4.69, 9.17) is 10.5 Å². The van der Waals surface area contributed by atoms with Crippen molar-refractivity contribution in [3.63, 3.8) is 0 Å². The van der Waals surface area contributed by atoms with Gasteiger partial charge in [0.25, 0.3) is 5.91 Å². The number of likely N-dealkylation sites (N-methyl/N-ethyl adjacent to an activating group) is 1. The smallest absolute Gasteiger partial charge is 0.275 e. The Morgan fingerprint density at radius 3 is 2.48 bits per heavy atom. The molecule has 1 aromatic carbocycles. The van der Waals surface area contributed by atoms with Crippen LogP contribution in [0.4, 0.5) is 11.4 Å². The molecule has 2 atom stereocenters. The summed E-state index contributed by atoms with van der Waals surface area (Å²) in [7, 11) is 0.294. The predicted molar refractivity (Wildman–Crippen MR) is 176 cm³/mol. The second-order valence-electron chi connectivity index (χ2n) is 13.3. The molecule has 15 heteroatoms. The van der Waals surface area contributed by atoms with Gasteiger partial charge < -0.3 is 30.1 Å². The van der Waals surface area contributed by atoms with E-state index in [2.05, 4.69) is 27.8 Å². The minimum atomic E-state index is -3.25. The highest BCUT2D eigenvalue weighted by Crippen LogP contribution is 2.39. The third kappa shape index (κ3) is 6.34. The van der Waals surface area contributed by atoms with Crippen molar-refractivity contribution in [2.24, 2.45) is 5.73 Å². The number of aryl methyl sites for hydroxylation is 1. The maximum Gasteiger partial charge on any atom is 0.275 e. The normalized spacial score (nSPS) is 26.4. The van der Waals surface area contributed by atoms with E-state index >= 15 is 0 Å². The quantitative estimate of drug-likeness (QED) is 0.287. The summed E-state index contributed by atoms with van der Waals surface area (Å²) in [6.07, 6.45) is 8.29. The van der Waals surface area contributed by atoms with Crippen LogP contribution >= 0.6 is 0 Å². The SMILES string of the molecule is CCC1CN(C)C2=C(N[C@@](N)(Nc3cc4c(cc3OC)CCCN4C(=O)CN3CCN(S(C)(=O)=O)CC3)NC2=O)N1C1CCCC1. The zero-order valence-electron chi connectivity index (χ0n) is 27.5. The molecule has 5 N–H and O–H groups in total. The number of piperazine rings is 1. The number of methoxy groups -OCH3 is 1. The number of nitrogens with zero attached hydrogens (tertiary/aromatic N) is 5. The molecule has 2 amide bonds. The van der Waals surface area contributed by atoms with Gasteiger partial charge in [0, 0.05) is 64.1 Å². The number of nitrogens with two attached hydrogens (primary N) is 1. The zero-order valence-corrected chi connectivity index (χ0v) is 28.3. The molecule has 4 heterocycles. The number of anilines is 2. The Morgan fingerprint density at radius 2 is 1.83 bits per heavy atom. The monoisotopic (exact) mass is 659 g/mol. The van der Waals surface area contributed by atoms with Crippen LogP contribution in [-0.4, -0.2) is 123 Å². The first-order valence-corrected chi connectivity index (χ1v) is 18.4. The first-order chi connectivity index (χ1) is 21.9. The highest BCUT2D eigenvalue weighted by atomic mass is 32.2. The molecule has 14 nitrogen and oxygen atoms in total. The minimum absolute atomic E-state index is 0.0470. The number of fused-ring (bicyclic) bond motifs is 1. The van der Waals surface area contributed by atoms with Crippen molar-refractivity contribution in [1.29, 1.82) is 0 Å². The molecule has 1 saturated carbocycles. The van der Waals surface area contributed by atoms with E-state index in [9.17, 15) is 18.0 Å². The van der Waals surface area contributed by atoms with Crippen molar-refractivity contribution in [2.45, 2.75) is 69.9 Å². The summed E-state index contributed by atoms with van der Waals surface area (Å²) in [6.45, 7) is 5.46. The Hall–Kier alpha value is -3.27. The van der Waals surface area contributed by atoms with E-state index in [0.717, 1.165) is 55.7 Å². The van der Waals surface area contributed by atoms with Gasteiger partial charge in [-0.1, -0.05) is 19.8 Å². The van der Waals surface area contributed by atoms with Gasteiger partial charge in [-0.15, -0.1) is 0 Å². The fourth-order valence-electron chi connectivity index (χ4n) is 7.74. The Labute approximate surface area is 272 Å². The first-order valence-electron chi connectivity index (χ1n) is 16.5. The molecule has 2 fully saturated rings. The summed E-state index contributed by atoms with van der Waals surface area (Å²) in [4.78, 5) is 35.5. The molecule has 4 aliphatic heterocycles. The second-order valence-corrected chi connectivity index (χ2v) is 15.2. The minimum Gasteiger partial charge on any atom is -0.495 e. The third-order valence-corrected chi connectivity index (χ3v) is 11.4. The molecule has 1 saturated heterocycles. The molecule has 1 unspecified atom stereocenters. The van der Waals surface area contributed by atoms with Gasteiger partial charge in [0.05, 0.1) is 25.6 Å². The van der Waals surface area contributed by atoms with E-state index in [-0.39, 0.29) is 24.4 Å². The van der Waals surface area contributed by atoms with Crippen LogP contribution in [0.15, 0.2) is 23.7 Å². The van der Waals surface area contributed by atoms with Gasteiger partial charge >= 0.3 is 0 Å². The van der Waals surface area contributed by atoms with Gasteiger partial charge in [0.1, 0.15) is 17.3 Å². The van der Waals surface area contributed by atoms with Crippen LogP contribution in [0.2, 0.25) is 0 Å². The predicted octanol–water partition coefficient (Wildman–Crippen LogP) is 0.391. The molecule has 6 rings (SSSR count). The number of hydrogen-bond acceptors (Lipinski definition) is 11. The summed E-state index contributed by atoms with van der Waals surface area (Å²) in [5.74, 6) is -0.516. The summed E-state index contributed by atoms with van der Waals surface area (Å²) >= 11 is 0. The van der Waals surface area contributed by atoms with Crippen LogP contribution in [0.5, 0.6) is 5.75 Å². The van der Waals surface area contributed by atoms with Crippen molar-refractivity contribution < 1.29 is 22.7 Å². The molecule has 1 aliphatic carbocycles. The van der Waals surface area contributed by atoms with Crippen LogP contribution in [0.25, 0.3) is 0 Å². The lowest BCUT2D eigenvalue weighted by atomic mass is 10.00. The molecule has 46 heavy (non-hydrogen) atoms. The number of sulfonamides is 1. The molecular formula is C31H49N9O5S. The average molecular weight is 660 g/mol. The number of amides is 2. The van der Waals surface area contributed by atoms with Gasteiger partial charge in [0.2, 0.25) is 21.8 Å². The standard InChI is InChI=1S/C31H49N9O5S/c1-5-22-19-36(2)28-29(40(22)23-10-6-7-11-23)34-31(32,35-30(28)42)33-24-18-25-21(17-26(24)45-3)9-8-12-39(25)27(41)20-37-13-15-38(16-14-37)46(4,43)44/h17-18,22-23,33-34H,5-16,19-20,32H2,1-4H3,(H,35,42)/t22?,31-/m1/s1. The average Bonchev–Trinajstić information content (AvgIpc) is 3.54. The summed E-state index contributed by atoms with van der Waals surface area (Å²) in [5, 5.41) is 9.75. The fourth-order valence-corrected chi connectivity index (χ4v) is 8.56. The lowest BCUT2D eigenvalue weighted by Gasteiger charge is -2.52. The van der Waals surface area contributed by atoms with Crippen LogP contribution in [-0.2, 0) is 26.0 Å². The number of benzene rings is 1. The Balaban J connectivity index is 1.24. The van der Waals surface area contributed by atoms with Crippen molar-refractivity contribution in [2.75, 3.05) is 76.4 Å². The highest BCUT2D eigenvalue weighted by molar-refractivity contribution is 7.88. The van der Waals surface area contributed by atoms with Gasteiger partial charge in [-0.25, -0.2) is 8.42 Å². The molecule has 0 spiro atoms. The molecule has 1 aromatic rings. The lowest BCUT2D eigenvalue weighted by Crippen LogP contribution is -2.76. The number of carbonyl (C=O) groups is 2. The van der Waals surface area contributed by atoms with Crippen molar-refractivity contribution in [1.82, 2.24) is 29.6 Å². The molecule has 5 aliphatic rings. The Kier molecular flexibility index (Phi) is 9.04. The van der Waals surface area contributed by atoms with Crippen molar-refractivity contribution >= 4 is 33.2 Å². The topological polar surface area (TPSA) is 156 Å². The maximum absolute atomic E-state index is 13.7. The van der Waals surface area contributed by atoms with E-state index in [0.29, 0.717) is 55.9 Å². The first kappa shape index (κ1) is 32.7. The van der Waals surface area contributed by atoms with Crippen molar-refractivity contribution in [3.8, 4) is 5.75 Å². The molecule has 254 valence electrons. The van der Waals surface area contributed by atoms with Crippen molar-refractivity contribution in [3.05, 3.63) is 29.2 Å². The van der Waals surface area contributed by atoms with E-state index in [1.54, 1.807) is 12.0 Å². The number of ether oxygens (including phenoxy) is 1. The van der Waals surface area contributed by atoms with E-state index in [1.165, 1.54) is 23.4 Å². The van der Waals surface area contributed by atoms with E-state index < -0.39 is 15.9 Å². The van der Waals surface area contributed by atoms with Crippen LogP contribution < -0.4 is 31.3 Å². The number of carbonyl (C=O) groups excluding carboxylic acids is 2. The van der Waals surface area contributed by atoms with Crippen LogP contribution in [0.1, 0.15) is 51.0 Å². The molecule has 0 aromatic heterocycles. The van der Waals surface area contributed by atoms with Crippen LogP contribution in [0.3, 0.4) is 0 Å². The Bertz CT molecular complexity index is 1490.